The lowest BCUT2D eigenvalue weighted by molar-refractivity contribution is 0.0692. The summed E-state index contributed by atoms with van der Waals surface area (Å²) in [5.41, 5.74) is 1.30. The predicted molar refractivity (Wildman–Crippen MR) is 112 cm³/mol. The fourth-order valence-electron chi connectivity index (χ4n) is 2.45. The summed E-state index contributed by atoms with van der Waals surface area (Å²) in [4.78, 5) is 21.6. The van der Waals surface area contributed by atoms with Gasteiger partial charge in [-0.05, 0) is 56.3 Å². The third kappa shape index (κ3) is 5.29. The fraction of sp³-hybridized carbons (Fsp3) is 0.190. The van der Waals surface area contributed by atoms with Crippen LogP contribution in [0.15, 0.2) is 54.6 Å². The molecule has 1 aromatic heterocycles. The van der Waals surface area contributed by atoms with Gasteiger partial charge in [0.05, 0.1) is 11.3 Å². The number of benzene rings is 2. The Morgan fingerprint density at radius 1 is 0.964 bits per heavy atom. The van der Waals surface area contributed by atoms with Gasteiger partial charge in [0.1, 0.15) is 5.69 Å². The lowest BCUT2D eigenvalue weighted by Crippen LogP contribution is -2.38. The summed E-state index contributed by atoms with van der Waals surface area (Å²) in [5.74, 6) is 0.00692. The Hall–Kier alpha value is -2.47. The summed E-state index contributed by atoms with van der Waals surface area (Å²) in [7, 11) is 0. The second-order valence-electron chi connectivity index (χ2n) is 6.97. The fourth-order valence-corrected chi connectivity index (χ4v) is 2.70. The monoisotopic (exact) mass is 415 g/mol. The molecule has 2 aromatic carbocycles. The topological polar surface area (TPSA) is 75.1 Å². The zero-order valence-electron chi connectivity index (χ0n) is 15.4. The van der Waals surface area contributed by atoms with Crippen molar-refractivity contribution in [2.75, 3.05) is 6.54 Å². The number of carbonyl (C=O) groups excluding carboxylic acids is 1. The van der Waals surface area contributed by atoms with E-state index in [0.29, 0.717) is 21.6 Å². The molecule has 144 valence electrons. The summed E-state index contributed by atoms with van der Waals surface area (Å²) in [5, 5.41) is 13.8. The molecule has 0 aliphatic rings. The van der Waals surface area contributed by atoms with E-state index in [0.717, 1.165) is 11.1 Å². The van der Waals surface area contributed by atoms with E-state index in [-0.39, 0.29) is 12.2 Å². The third-order valence-electron chi connectivity index (χ3n) is 3.88. The van der Waals surface area contributed by atoms with Gasteiger partial charge < -0.3 is 10.4 Å². The van der Waals surface area contributed by atoms with Gasteiger partial charge in [0.25, 0.3) is 5.91 Å². The molecule has 0 saturated heterocycles. The van der Waals surface area contributed by atoms with Gasteiger partial charge in [-0.15, -0.1) is 0 Å². The predicted octanol–water partition coefficient (Wildman–Crippen LogP) is 4.62. The molecule has 28 heavy (non-hydrogen) atoms. The van der Waals surface area contributed by atoms with Gasteiger partial charge in [0, 0.05) is 27.7 Å². The molecule has 0 unspecified atom stereocenters. The minimum absolute atomic E-state index is 0.0996. The molecule has 3 aromatic rings. The lowest BCUT2D eigenvalue weighted by Gasteiger charge is -2.17. The maximum absolute atomic E-state index is 12.6. The molecule has 1 amide bonds. The molecule has 0 bridgehead atoms. The number of nitrogens with one attached hydrogen (secondary N) is 1. The summed E-state index contributed by atoms with van der Waals surface area (Å²) in [6.45, 7) is 3.33. The average molecular weight is 416 g/mol. The van der Waals surface area contributed by atoms with Crippen molar-refractivity contribution in [1.29, 1.82) is 0 Å². The Morgan fingerprint density at radius 3 is 2.04 bits per heavy atom. The molecule has 7 heteroatoms. The van der Waals surface area contributed by atoms with Gasteiger partial charge in [-0.3, -0.25) is 4.79 Å². The first-order valence-electron chi connectivity index (χ1n) is 8.63. The number of hydrogen-bond donors (Lipinski definition) is 2. The van der Waals surface area contributed by atoms with Gasteiger partial charge in [-0.2, -0.15) is 0 Å². The number of hydrogen-bond acceptors (Lipinski definition) is 4. The van der Waals surface area contributed by atoms with Gasteiger partial charge >= 0.3 is 0 Å². The number of carbonyl (C=O) groups is 1. The van der Waals surface area contributed by atoms with Crippen molar-refractivity contribution in [3.8, 4) is 22.6 Å². The van der Waals surface area contributed by atoms with Crippen molar-refractivity contribution in [3.63, 3.8) is 0 Å². The number of rotatable bonds is 5. The maximum Gasteiger partial charge on any atom is 0.270 e. The highest BCUT2D eigenvalue weighted by Gasteiger charge is 2.18. The molecule has 0 aliphatic heterocycles. The van der Waals surface area contributed by atoms with Crippen LogP contribution in [0, 0.1) is 0 Å². The first-order valence-corrected chi connectivity index (χ1v) is 9.38. The van der Waals surface area contributed by atoms with Crippen LogP contribution < -0.4 is 5.32 Å². The highest BCUT2D eigenvalue weighted by molar-refractivity contribution is 6.30. The van der Waals surface area contributed by atoms with E-state index in [9.17, 15) is 9.90 Å². The Balaban J connectivity index is 2.04. The van der Waals surface area contributed by atoms with E-state index in [1.165, 1.54) is 0 Å². The second kappa shape index (κ2) is 8.27. The van der Waals surface area contributed by atoms with Gasteiger partial charge in [0.15, 0.2) is 5.82 Å². The Kier molecular flexibility index (Phi) is 5.98. The number of aliphatic hydroxyl groups is 1. The first kappa shape index (κ1) is 20.3. The lowest BCUT2D eigenvalue weighted by atomic mass is 10.1. The van der Waals surface area contributed by atoms with Crippen molar-refractivity contribution in [2.24, 2.45) is 0 Å². The third-order valence-corrected chi connectivity index (χ3v) is 4.39. The molecule has 0 saturated carbocycles. The van der Waals surface area contributed by atoms with Crippen molar-refractivity contribution in [3.05, 3.63) is 70.3 Å². The van der Waals surface area contributed by atoms with E-state index in [1.54, 1.807) is 56.3 Å². The van der Waals surface area contributed by atoms with E-state index >= 15 is 0 Å². The first-order chi connectivity index (χ1) is 13.2. The van der Waals surface area contributed by atoms with Crippen LogP contribution in [0.25, 0.3) is 22.6 Å². The summed E-state index contributed by atoms with van der Waals surface area (Å²) >= 11 is 11.9. The van der Waals surface area contributed by atoms with E-state index in [1.807, 2.05) is 12.1 Å². The number of nitrogens with zero attached hydrogens (tertiary/aromatic N) is 2. The van der Waals surface area contributed by atoms with Crippen LogP contribution in [0.5, 0.6) is 0 Å². The molecular formula is C21H19Cl2N3O2. The summed E-state index contributed by atoms with van der Waals surface area (Å²) < 4.78 is 0. The Labute approximate surface area is 173 Å². The SMILES string of the molecule is CC(C)(O)CNC(=O)c1cc(-c2ccc(Cl)cc2)nc(-c2ccc(Cl)cc2)n1. The molecule has 5 nitrogen and oxygen atoms in total. The van der Waals surface area contributed by atoms with Gasteiger partial charge in [0.2, 0.25) is 0 Å². The summed E-state index contributed by atoms with van der Waals surface area (Å²) in [6, 6.07) is 15.9. The number of halogens is 2. The minimum atomic E-state index is -1.03. The number of amides is 1. The zero-order valence-corrected chi connectivity index (χ0v) is 16.9. The molecule has 0 spiro atoms. The zero-order chi connectivity index (χ0) is 20.3. The molecule has 1 heterocycles. The standard InChI is InChI=1S/C21H19Cl2N3O2/c1-21(2,28)12-24-20(27)18-11-17(13-3-7-15(22)8-4-13)25-19(26-18)14-5-9-16(23)10-6-14/h3-11,28H,12H2,1-2H3,(H,24,27). The van der Waals surface area contributed by atoms with Crippen LogP contribution in [-0.4, -0.2) is 33.1 Å². The largest absolute Gasteiger partial charge is 0.389 e. The van der Waals surface area contributed by atoms with E-state index in [2.05, 4.69) is 15.3 Å². The van der Waals surface area contributed by atoms with Crippen LogP contribution in [0.2, 0.25) is 10.0 Å². The van der Waals surface area contributed by atoms with Crippen LogP contribution >= 0.6 is 23.2 Å². The van der Waals surface area contributed by atoms with Crippen molar-refractivity contribution < 1.29 is 9.90 Å². The summed E-state index contributed by atoms with van der Waals surface area (Å²) in [6.07, 6.45) is 0. The molecule has 0 atom stereocenters. The number of aromatic nitrogens is 2. The Morgan fingerprint density at radius 2 is 1.50 bits per heavy atom. The quantitative estimate of drug-likeness (QED) is 0.637. The molecule has 0 aliphatic carbocycles. The highest BCUT2D eigenvalue weighted by atomic mass is 35.5. The van der Waals surface area contributed by atoms with Crippen LogP contribution in [0.1, 0.15) is 24.3 Å². The van der Waals surface area contributed by atoms with E-state index < -0.39 is 11.5 Å². The van der Waals surface area contributed by atoms with Crippen LogP contribution in [0.4, 0.5) is 0 Å². The van der Waals surface area contributed by atoms with Crippen molar-refractivity contribution in [1.82, 2.24) is 15.3 Å². The van der Waals surface area contributed by atoms with Gasteiger partial charge in [-0.1, -0.05) is 35.3 Å². The van der Waals surface area contributed by atoms with E-state index in [4.69, 9.17) is 23.2 Å². The van der Waals surface area contributed by atoms with Crippen LogP contribution in [-0.2, 0) is 0 Å². The molecular weight excluding hydrogens is 397 g/mol. The molecule has 0 fully saturated rings. The van der Waals surface area contributed by atoms with Gasteiger partial charge in [-0.25, -0.2) is 9.97 Å². The van der Waals surface area contributed by atoms with Crippen molar-refractivity contribution >= 4 is 29.1 Å². The highest BCUT2D eigenvalue weighted by Crippen LogP contribution is 2.25. The average Bonchev–Trinajstić information content (AvgIpc) is 2.66. The van der Waals surface area contributed by atoms with Crippen LogP contribution in [0.3, 0.4) is 0 Å². The second-order valence-corrected chi connectivity index (χ2v) is 7.84. The smallest absolute Gasteiger partial charge is 0.270 e. The minimum Gasteiger partial charge on any atom is -0.389 e. The molecule has 3 rings (SSSR count). The molecule has 2 N–H and O–H groups in total. The molecule has 0 radical (unpaired) electrons. The maximum atomic E-state index is 12.6. The van der Waals surface area contributed by atoms with Crippen molar-refractivity contribution in [2.45, 2.75) is 19.4 Å². The Bertz CT molecular complexity index is 918. The normalized spacial score (nSPS) is 11.3.